The summed E-state index contributed by atoms with van der Waals surface area (Å²) in [6.45, 7) is 11.3. The fraction of sp³-hybridized carbons (Fsp3) is 0.615. The first-order valence-electron chi connectivity index (χ1n) is 6.53. The lowest BCUT2D eigenvalue weighted by atomic mass is 10.1. The number of thiazole rings is 1. The van der Waals surface area contributed by atoms with E-state index >= 15 is 0 Å². The predicted octanol–water partition coefficient (Wildman–Crippen LogP) is 2.90. The zero-order chi connectivity index (χ0) is 15.3. The average Bonchev–Trinajstić information content (AvgIpc) is 2.68. The normalized spacial score (nSPS) is 13.6. The van der Waals surface area contributed by atoms with Crippen LogP contribution in [-0.4, -0.2) is 23.3 Å². The van der Waals surface area contributed by atoms with E-state index in [4.69, 9.17) is 0 Å². The molecule has 2 aromatic rings. The number of aromatic nitrogens is 2. The van der Waals surface area contributed by atoms with Crippen molar-refractivity contribution in [3.8, 4) is 0 Å². The third-order valence-corrected chi connectivity index (χ3v) is 5.36. The first kappa shape index (κ1) is 15.5. The van der Waals surface area contributed by atoms with Crippen molar-refractivity contribution in [3.05, 3.63) is 16.8 Å². The van der Waals surface area contributed by atoms with Crippen molar-refractivity contribution < 1.29 is 8.42 Å². The number of fused-ring (bicyclic) bond motifs is 1. The molecule has 0 fully saturated rings. The third kappa shape index (κ3) is 2.89. The second kappa shape index (κ2) is 4.82. The molecule has 20 heavy (non-hydrogen) atoms. The molecular formula is C13H21N3O2S2. The minimum absolute atomic E-state index is 0.0500. The molecule has 2 rings (SSSR count). The Hall–Kier alpha value is -0.920. The maximum Gasteiger partial charge on any atom is 0.258 e. The summed E-state index contributed by atoms with van der Waals surface area (Å²) >= 11 is 1.50. The molecule has 0 saturated heterocycles. The van der Waals surface area contributed by atoms with Crippen molar-refractivity contribution in [1.82, 2.24) is 14.1 Å². The van der Waals surface area contributed by atoms with Crippen LogP contribution >= 0.6 is 11.3 Å². The Kier molecular flexibility index (Phi) is 3.73. The standard InChI is InChI=1S/C13H21N3O2S2/c1-8(2)10-11(20(17,18)15-13(4,5)6)16-7-9(3)19-12(16)14-10/h7-8,15H,1-6H3. The van der Waals surface area contributed by atoms with Gasteiger partial charge in [-0.1, -0.05) is 13.8 Å². The van der Waals surface area contributed by atoms with Gasteiger partial charge in [0.15, 0.2) is 9.99 Å². The minimum atomic E-state index is -3.61. The van der Waals surface area contributed by atoms with Crippen LogP contribution < -0.4 is 4.72 Å². The number of rotatable bonds is 3. The van der Waals surface area contributed by atoms with Crippen molar-refractivity contribution in [2.75, 3.05) is 0 Å². The number of aryl methyl sites for hydroxylation is 1. The summed E-state index contributed by atoms with van der Waals surface area (Å²) in [7, 11) is -3.61. The SMILES string of the molecule is Cc1cn2c(S(=O)(=O)NC(C)(C)C)c(C(C)C)nc2s1. The summed E-state index contributed by atoms with van der Waals surface area (Å²) in [6, 6.07) is 0. The molecule has 0 aromatic carbocycles. The fourth-order valence-electron chi connectivity index (χ4n) is 2.05. The molecule has 2 aromatic heterocycles. The van der Waals surface area contributed by atoms with E-state index in [1.807, 2.05) is 47.7 Å². The quantitative estimate of drug-likeness (QED) is 0.947. The highest BCUT2D eigenvalue weighted by Gasteiger charge is 2.30. The van der Waals surface area contributed by atoms with Gasteiger partial charge in [0.05, 0.1) is 5.69 Å². The number of imidazole rings is 1. The van der Waals surface area contributed by atoms with E-state index in [0.717, 1.165) is 9.84 Å². The van der Waals surface area contributed by atoms with Crippen LogP contribution in [0.4, 0.5) is 0 Å². The lowest BCUT2D eigenvalue weighted by Gasteiger charge is -2.20. The van der Waals surface area contributed by atoms with Gasteiger partial charge < -0.3 is 0 Å². The molecule has 0 amide bonds. The predicted molar refractivity (Wildman–Crippen MR) is 82.0 cm³/mol. The molecule has 0 unspecified atom stereocenters. The zero-order valence-electron chi connectivity index (χ0n) is 12.7. The van der Waals surface area contributed by atoms with Gasteiger partial charge in [-0.2, -0.15) is 0 Å². The smallest absolute Gasteiger partial charge is 0.258 e. The summed E-state index contributed by atoms with van der Waals surface area (Å²) in [6.07, 6.45) is 1.83. The molecule has 0 spiro atoms. The van der Waals surface area contributed by atoms with Gasteiger partial charge in [0.1, 0.15) is 0 Å². The molecule has 0 aliphatic heterocycles. The Morgan fingerprint density at radius 2 is 1.95 bits per heavy atom. The number of nitrogens with one attached hydrogen (secondary N) is 1. The van der Waals surface area contributed by atoms with Gasteiger partial charge in [0.25, 0.3) is 10.0 Å². The van der Waals surface area contributed by atoms with E-state index in [-0.39, 0.29) is 10.9 Å². The third-order valence-electron chi connectivity index (χ3n) is 2.67. The Balaban J connectivity index is 2.70. The van der Waals surface area contributed by atoms with E-state index in [0.29, 0.717) is 5.69 Å². The molecule has 0 saturated carbocycles. The number of nitrogens with zero attached hydrogens (tertiary/aromatic N) is 2. The molecule has 1 N–H and O–H groups in total. The van der Waals surface area contributed by atoms with Crippen LogP contribution in [0, 0.1) is 6.92 Å². The molecule has 5 nitrogen and oxygen atoms in total. The van der Waals surface area contributed by atoms with Crippen LogP contribution in [0.2, 0.25) is 0 Å². The summed E-state index contributed by atoms with van der Waals surface area (Å²) in [4.78, 5) is 6.25. The van der Waals surface area contributed by atoms with Gasteiger partial charge >= 0.3 is 0 Å². The fourth-order valence-corrected chi connectivity index (χ4v) is 4.80. The summed E-state index contributed by atoms with van der Waals surface area (Å²) in [5.41, 5.74) is 0.0930. The average molecular weight is 315 g/mol. The number of hydrogen-bond donors (Lipinski definition) is 1. The highest BCUT2D eigenvalue weighted by Crippen LogP contribution is 2.29. The first-order valence-corrected chi connectivity index (χ1v) is 8.83. The monoisotopic (exact) mass is 315 g/mol. The van der Waals surface area contributed by atoms with Gasteiger partial charge in [-0.15, -0.1) is 11.3 Å². The van der Waals surface area contributed by atoms with Crippen LogP contribution in [0.25, 0.3) is 4.96 Å². The van der Waals surface area contributed by atoms with Crippen molar-refractivity contribution in [1.29, 1.82) is 0 Å². The van der Waals surface area contributed by atoms with Crippen LogP contribution in [0.5, 0.6) is 0 Å². The maximum atomic E-state index is 12.7. The highest BCUT2D eigenvalue weighted by molar-refractivity contribution is 7.89. The van der Waals surface area contributed by atoms with Crippen LogP contribution in [0.1, 0.15) is 51.1 Å². The van der Waals surface area contributed by atoms with Gasteiger partial charge in [-0.25, -0.2) is 18.1 Å². The molecule has 2 heterocycles. The van der Waals surface area contributed by atoms with Crippen molar-refractivity contribution in [3.63, 3.8) is 0 Å². The van der Waals surface area contributed by atoms with Gasteiger partial charge in [0.2, 0.25) is 0 Å². The maximum absolute atomic E-state index is 12.7. The van der Waals surface area contributed by atoms with E-state index in [1.165, 1.54) is 11.3 Å². The molecule has 0 aliphatic carbocycles. The lowest BCUT2D eigenvalue weighted by molar-refractivity contribution is 0.488. The largest absolute Gasteiger partial charge is 0.279 e. The van der Waals surface area contributed by atoms with Gasteiger partial charge in [-0.05, 0) is 33.6 Å². The van der Waals surface area contributed by atoms with E-state index < -0.39 is 15.6 Å². The molecule has 0 aliphatic rings. The Morgan fingerprint density at radius 3 is 2.45 bits per heavy atom. The summed E-state index contributed by atoms with van der Waals surface area (Å²) < 4.78 is 29.8. The second-order valence-corrected chi connectivity index (χ2v) is 9.12. The first-order chi connectivity index (χ1) is 9.01. The Labute approximate surface area is 124 Å². The zero-order valence-corrected chi connectivity index (χ0v) is 14.3. The molecule has 7 heteroatoms. The number of hydrogen-bond acceptors (Lipinski definition) is 4. The van der Waals surface area contributed by atoms with E-state index in [1.54, 1.807) is 4.40 Å². The van der Waals surface area contributed by atoms with Crippen LogP contribution in [0.3, 0.4) is 0 Å². The summed E-state index contributed by atoms with van der Waals surface area (Å²) in [5, 5.41) is 0.266. The topological polar surface area (TPSA) is 63.5 Å². The van der Waals surface area contributed by atoms with Crippen molar-refractivity contribution in [2.24, 2.45) is 0 Å². The molecule has 0 bridgehead atoms. The van der Waals surface area contributed by atoms with Crippen LogP contribution in [-0.2, 0) is 10.0 Å². The highest BCUT2D eigenvalue weighted by atomic mass is 32.2. The second-order valence-electron chi connectivity index (χ2n) is 6.31. The van der Waals surface area contributed by atoms with E-state index in [9.17, 15) is 8.42 Å². The van der Waals surface area contributed by atoms with E-state index in [2.05, 4.69) is 9.71 Å². The Morgan fingerprint density at radius 1 is 1.35 bits per heavy atom. The van der Waals surface area contributed by atoms with Crippen molar-refractivity contribution >= 4 is 26.3 Å². The molecule has 0 atom stereocenters. The van der Waals surface area contributed by atoms with Crippen LogP contribution in [0.15, 0.2) is 11.2 Å². The van der Waals surface area contributed by atoms with Gasteiger partial charge in [-0.3, -0.25) is 4.40 Å². The molecular weight excluding hydrogens is 294 g/mol. The lowest BCUT2D eigenvalue weighted by Crippen LogP contribution is -2.41. The van der Waals surface area contributed by atoms with Crippen molar-refractivity contribution in [2.45, 2.75) is 58.0 Å². The Bertz CT molecular complexity index is 734. The molecule has 112 valence electrons. The summed E-state index contributed by atoms with van der Waals surface area (Å²) in [5.74, 6) is 0.0500. The number of sulfonamides is 1. The minimum Gasteiger partial charge on any atom is -0.279 e. The van der Waals surface area contributed by atoms with Gasteiger partial charge in [0, 0.05) is 16.6 Å². The molecule has 0 radical (unpaired) electrons.